The van der Waals surface area contributed by atoms with Crippen molar-refractivity contribution in [2.75, 3.05) is 18.1 Å². The van der Waals surface area contributed by atoms with Gasteiger partial charge in [0.1, 0.15) is 24.6 Å². The first-order valence-corrected chi connectivity index (χ1v) is 8.25. The van der Waals surface area contributed by atoms with Gasteiger partial charge < -0.3 is 46.2 Å². The van der Waals surface area contributed by atoms with Crippen LogP contribution in [-0.2, 0) is 9.30 Å². The topological polar surface area (TPSA) is 243 Å². The molecule has 0 amide bonds. The highest BCUT2D eigenvalue weighted by atomic mass is 31.2. The molecule has 0 bridgehead atoms. The highest BCUT2D eigenvalue weighted by molar-refractivity contribution is 7.45. The number of nitrogens with zero attached hydrogens (tertiary/aromatic N) is 4. The largest absolute Gasteiger partial charge is 0.466 e. The Labute approximate surface area is 139 Å². The van der Waals surface area contributed by atoms with E-state index < -0.39 is 39.0 Å². The van der Waals surface area contributed by atoms with Gasteiger partial charge in [0.2, 0.25) is 5.95 Å². The van der Waals surface area contributed by atoms with Gasteiger partial charge in [-0.2, -0.15) is 0 Å². The van der Waals surface area contributed by atoms with Gasteiger partial charge in [0.25, 0.3) is 0 Å². The van der Waals surface area contributed by atoms with Crippen molar-refractivity contribution in [1.29, 1.82) is 0 Å². The van der Waals surface area contributed by atoms with Gasteiger partial charge in [-0.1, -0.05) is 0 Å². The molecule has 4 atom stereocenters. The molecule has 0 aliphatic carbocycles. The number of imidazole rings is 1. The number of nitrogen functional groups attached to an aromatic ring is 2. The fourth-order valence-corrected chi connectivity index (χ4v) is 2.29. The summed E-state index contributed by atoms with van der Waals surface area (Å²) < 4.78 is 15.6. The van der Waals surface area contributed by atoms with Crippen molar-refractivity contribution < 1.29 is 39.3 Å². The van der Waals surface area contributed by atoms with Crippen molar-refractivity contribution in [3.8, 4) is 0 Å². The van der Waals surface area contributed by atoms with Crippen molar-refractivity contribution in [2.24, 2.45) is 0 Å². The minimum absolute atomic E-state index is 0.0158. The zero-order chi connectivity index (χ0) is 18.9. The molecule has 10 N–H and O–H groups in total. The normalized spacial score (nSPS) is 26.5. The van der Waals surface area contributed by atoms with E-state index in [-0.39, 0.29) is 22.9 Å². The van der Waals surface area contributed by atoms with Crippen molar-refractivity contribution in [3.63, 3.8) is 0 Å². The van der Waals surface area contributed by atoms with E-state index >= 15 is 0 Å². The summed E-state index contributed by atoms with van der Waals surface area (Å²) in [5.74, 6) is 0.161. The summed E-state index contributed by atoms with van der Waals surface area (Å²) in [7, 11) is -4.64. The summed E-state index contributed by atoms with van der Waals surface area (Å²) in [4.78, 5) is 33.4. The Balaban J connectivity index is 0.000000399. The molecule has 1 saturated heterocycles. The number of rotatable bonds is 2. The number of anilines is 2. The van der Waals surface area contributed by atoms with Crippen LogP contribution in [0.2, 0.25) is 0 Å². The summed E-state index contributed by atoms with van der Waals surface area (Å²) in [6.07, 6.45) is -3.20. The van der Waals surface area contributed by atoms with Gasteiger partial charge in [-0.05, 0) is 0 Å². The maximum Gasteiger partial charge on any atom is 0.466 e. The lowest BCUT2D eigenvalue weighted by Crippen LogP contribution is -2.33. The predicted molar refractivity (Wildman–Crippen MR) is 81.4 cm³/mol. The number of hydrogen-bond acceptors (Lipinski definition) is 10. The summed E-state index contributed by atoms with van der Waals surface area (Å²) in [6, 6.07) is 0. The van der Waals surface area contributed by atoms with Crippen LogP contribution in [0.15, 0.2) is 6.33 Å². The molecular weight excluding hydrogens is 363 g/mol. The molecule has 140 valence electrons. The molecule has 3 heterocycles. The van der Waals surface area contributed by atoms with Crippen LogP contribution in [0.25, 0.3) is 11.2 Å². The molecule has 1 aliphatic rings. The Morgan fingerprint density at radius 2 is 1.80 bits per heavy atom. The first kappa shape index (κ1) is 19.4. The number of nitrogens with two attached hydrogens (primary N) is 2. The Kier molecular flexibility index (Phi) is 5.55. The van der Waals surface area contributed by atoms with E-state index in [0.717, 1.165) is 0 Å². The number of ether oxygens (including phenoxy) is 1. The molecule has 3 rings (SSSR count). The van der Waals surface area contributed by atoms with Gasteiger partial charge in [0, 0.05) is 0 Å². The maximum absolute atomic E-state index is 10.0. The van der Waals surface area contributed by atoms with Crippen LogP contribution in [-0.4, -0.2) is 74.4 Å². The van der Waals surface area contributed by atoms with E-state index in [0.29, 0.717) is 0 Å². The van der Waals surface area contributed by atoms with E-state index in [2.05, 4.69) is 15.0 Å². The first-order valence-electron chi connectivity index (χ1n) is 6.69. The number of hydrogen-bond donors (Lipinski definition) is 8. The third kappa shape index (κ3) is 4.20. The van der Waals surface area contributed by atoms with E-state index in [1.54, 1.807) is 0 Å². The molecule has 0 unspecified atom stereocenters. The zero-order valence-electron chi connectivity index (χ0n) is 12.5. The second-order valence-electron chi connectivity index (χ2n) is 5.01. The molecule has 0 aromatic carbocycles. The monoisotopic (exact) mass is 380 g/mol. The van der Waals surface area contributed by atoms with E-state index in [4.69, 9.17) is 40.6 Å². The van der Waals surface area contributed by atoms with Crippen molar-refractivity contribution in [3.05, 3.63) is 6.33 Å². The van der Waals surface area contributed by atoms with Gasteiger partial charge in [0.15, 0.2) is 23.2 Å². The van der Waals surface area contributed by atoms with Crippen LogP contribution in [0.4, 0.5) is 11.8 Å². The van der Waals surface area contributed by atoms with Crippen LogP contribution in [0, 0.1) is 0 Å². The highest BCUT2D eigenvalue weighted by Gasteiger charge is 2.44. The quantitative estimate of drug-likeness (QED) is 0.238. The van der Waals surface area contributed by atoms with Gasteiger partial charge in [-0.3, -0.25) is 4.57 Å². The molecule has 14 nitrogen and oxygen atoms in total. The predicted octanol–water partition coefficient (Wildman–Crippen LogP) is -3.33. The number of phosphoric acid groups is 1. The maximum atomic E-state index is 10.0. The zero-order valence-corrected chi connectivity index (χ0v) is 13.4. The summed E-state index contributed by atoms with van der Waals surface area (Å²) >= 11 is 0. The molecular formula is C10H17N6O8P. The minimum atomic E-state index is -4.64. The first-order chi connectivity index (χ1) is 11.5. The third-order valence-electron chi connectivity index (χ3n) is 3.30. The lowest BCUT2D eigenvalue weighted by molar-refractivity contribution is -0.0500. The summed E-state index contributed by atoms with van der Waals surface area (Å²) in [5.41, 5.74) is 12.0. The fourth-order valence-electron chi connectivity index (χ4n) is 2.29. The number of aromatic nitrogens is 4. The lowest BCUT2D eigenvalue weighted by atomic mass is 10.1. The van der Waals surface area contributed by atoms with Crippen LogP contribution in [0.5, 0.6) is 0 Å². The number of aliphatic hydroxyl groups is 3. The minimum Gasteiger partial charge on any atom is -0.394 e. The van der Waals surface area contributed by atoms with Crippen molar-refractivity contribution in [1.82, 2.24) is 19.5 Å². The summed E-state index contributed by atoms with van der Waals surface area (Å²) in [6.45, 7) is -0.432. The van der Waals surface area contributed by atoms with Crippen molar-refractivity contribution in [2.45, 2.75) is 24.5 Å². The van der Waals surface area contributed by atoms with E-state index in [1.807, 2.05) is 0 Å². The van der Waals surface area contributed by atoms with Crippen LogP contribution < -0.4 is 11.5 Å². The van der Waals surface area contributed by atoms with Crippen LogP contribution in [0.3, 0.4) is 0 Å². The Morgan fingerprint density at radius 1 is 1.20 bits per heavy atom. The molecule has 1 fully saturated rings. The number of aliphatic hydroxyl groups excluding tert-OH is 3. The Bertz CT molecular complexity index is 787. The smallest absolute Gasteiger partial charge is 0.394 e. The second-order valence-corrected chi connectivity index (χ2v) is 6.04. The SMILES string of the molecule is Nc1ncnc2c1nc(N)n2[C@@H]1O[C@H](CO)[C@@H](O)[C@H]1O.O=P(O)(O)O. The highest BCUT2D eigenvalue weighted by Crippen LogP contribution is 2.34. The molecule has 15 heteroatoms. The average molecular weight is 380 g/mol. The lowest BCUT2D eigenvalue weighted by Gasteiger charge is -2.17. The summed E-state index contributed by atoms with van der Waals surface area (Å²) in [5, 5.41) is 28.9. The number of fused-ring (bicyclic) bond motifs is 1. The standard InChI is InChI=1S/C10H14N6O4.H3O4P/c11-7-4-8(14-2-13-7)16(10(12)15-4)9-6(19)5(18)3(1-17)20-9;1-5(2,3)4/h2-3,5-6,9,17-19H,1H2,(H2,12,15)(H2,11,13,14);(H3,1,2,3,4)/t3-,5-,6-,9-;/m1./s1. The molecule has 0 spiro atoms. The van der Waals surface area contributed by atoms with E-state index in [9.17, 15) is 10.2 Å². The molecule has 0 radical (unpaired) electrons. The molecule has 2 aromatic rings. The van der Waals surface area contributed by atoms with Gasteiger partial charge >= 0.3 is 7.82 Å². The van der Waals surface area contributed by atoms with Gasteiger partial charge in [-0.25, -0.2) is 19.5 Å². The second kappa shape index (κ2) is 7.15. The third-order valence-corrected chi connectivity index (χ3v) is 3.30. The molecule has 0 saturated carbocycles. The Morgan fingerprint density at radius 3 is 2.32 bits per heavy atom. The molecule has 2 aromatic heterocycles. The molecule has 25 heavy (non-hydrogen) atoms. The molecule has 1 aliphatic heterocycles. The van der Waals surface area contributed by atoms with E-state index in [1.165, 1.54) is 10.9 Å². The van der Waals surface area contributed by atoms with Crippen LogP contribution in [0.1, 0.15) is 6.23 Å². The Hall–Kier alpha value is -1.90. The van der Waals surface area contributed by atoms with Crippen LogP contribution >= 0.6 is 7.82 Å². The average Bonchev–Trinajstić information content (AvgIpc) is 2.96. The van der Waals surface area contributed by atoms with Gasteiger partial charge in [-0.15, -0.1) is 0 Å². The fraction of sp³-hybridized carbons (Fsp3) is 0.500. The van der Waals surface area contributed by atoms with Gasteiger partial charge in [0.05, 0.1) is 6.61 Å². The van der Waals surface area contributed by atoms with Crippen molar-refractivity contribution >= 4 is 30.8 Å².